The molecule has 0 aliphatic heterocycles. The zero-order chi connectivity index (χ0) is 19.9. The van der Waals surface area contributed by atoms with Crippen LogP contribution in [0.25, 0.3) is 16.6 Å². The highest BCUT2D eigenvalue weighted by Gasteiger charge is 2.31. The minimum atomic E-state index is -4.83. The summed E-state index contributed by atoms with van der Waals surface area (Å²) in [5, 5.41) is 0.898. The first-order valence-electron chi connectivity index (χ1n) is 8.88. The van der Waals surface area contributed by atoms with E-state index in [2.05, 4.69) is 9.72 Å². The predicted octanol–water partition coefficient (Wildman–Crippen LogP) is 5.28. The lowest BCUT2D eigenvalue weighted by atomic mass is 10.1. The van der Waals surface area contributed by atoms with Gasteiger partial charge in [0.1, 0.15) is 5.75 Å². The molecule has 1 fully saturated rings. The molecule has 1 aromatic heterocycles. The highest BCUT2D eigenvalue weighted by Crippen LogP contribution is 2.35. The highest BCUT2D eigenvalue weighted by atomic mass is 35.5. The van der Waals surface area contributed by atoms with Gasteiger partial charge in [0.25, 0.3) is 0 Å². The Kier molecular flexibility index (Phi) is 4.79. The Morgan fingerprint density at radius 1 is 1.18 bits per heavy atom. The molecule has 0 unspecified atom stereocenters. The number of halogens is 4. The average Bonchev–Trinajstić information content (AvgIpc) is 3.44. The zero-order valence-electron chi connectivity index (χ0n) is 14.7. The monoisotopic (exact) mass is 408 g/mol. The summed E-state index contributed by atoms with van der Waals surface area (Å²) < 4.78 is 43.3. The van der Waals surface area contributed by atoms with E-state index in [4.69, 9.17) is 11.6 Å². The van der Waals surface area contributed by atoms with Crippen LogP contribution in [0.5, 0.6) is 5.75 Å². The fourth-order valence-electron chi connectivity index (χ4n) is 3.27. The quantitative estimate of drug-likeness (QED) is 0.577. The molecule has 3 aromatic rings. The summed E-state index contributed by atoms with van der Waals surface area (Å²) in [5.41, 5.74) is 0.620. The molecule has 4 rings (SSSR count). The Hall–Kier alpha value is -2.54. The second-order valence-corrected chi connectivity index (χ2v) is 7.24. The first-order valence-corrected chi connectivity index (χ1v) is 9.26. The number of hydrogen-bond acceptors (Lipinski definition) is 3. The topological polar surface area (TPSA) is 44.1 Å². The smallest absolute Gasteiger partial charge is 0.406 e. The molecule has 0 atom stereocenters. The minimum Gasteiger partial charge on any atom is -0.406 e. The highest BCUT2D eigenvalue weighted by molar-refractivity contribution is 6.32. The Labute approximate surface area is 163 Å². The third kappa shape index (κ3) is 3.99. The van der Waals surface area contributed by atoms with Crippen LogP contribution >= 0.6 is 11.6 Å². The zero-order valence-corrected chi connectivity index (χ0v) is 15.4. The molecule has 0 spiro atoms. The van der Waals surface area contributed by atoms with Gasteiger partial charge in [0.2, 0.25) is 0 Å². The van der Waals surface area contributed by atoms with E-state index in [1.165, 1.54) is 22.8 Å². The second-order valence-electron chi connectivity index (χ2n) is 6.84. The molecule has 0 N–H and O–H groups in total. The van der Waals surface area contributed by atoms with Gasteiger partial charge in [-0.3, -0.25) is 4.57 Å². The van der Waals surface area contributed by atoms with Crippen LogP contribution in [0.2, 0.25) is 5.02 Å². The van der Waals surface area contributed by atoms with Gasteiger partial charge in [-0.15, -0.1) is 13.2 Å². The molecule has 1 heterocycles. The molecule has 4 nitrogen and oxygen atoms in total. The van der Waals surface area contributed by atoms with Gasteiger partial charge in [0, 0.05) is 11.5 Å². The van der Waals surface area contributed by atoms with Crippen LogP contribution in [0.3, 0.4) is 0 Å². The lowest BCUT2D eigenvalue weighted by Crippen LogP contribution is -2.24. The average molecular weight is 409 g/mol. The van der Waals surface area contributed by atoms with Crippen molar-refractivity contribution >= 4 is 22.5 Å². The van der Waals surface area contributed by atoms with Gasteiger partial charge in [-0.05, 0) is 43.0 Å². The lowest BCUT2D eigenvalue weighted by molar-refractivity contribution is -0.274. The normalized spacial score (nSPS) is 14.4. The SMILES string of the molecule is O=c1nc(CCC2CC2)c2ccc(OC(F)(F)F)cc2n1-c1ccccc1Cl. The van der Waals surface area contributed by atoms with E-state index < -0.39 is 17.8 Å². The van der Waals surface area contributed by atoms with Crippen molar-refractivity contribution < 1.29 is 17.9 Å². The Morgan fingerprint density at radius 3 is 2.61 bits per heavy atom. The van der Waals surface area contributed by atoms with E-state index in [0.29, 0.717) is 34.1 Å². The van der Waals surface area contributed by atoms with Gasteiger partial charge < -0.3 is 4.74 Å². The summed E-state index contributed by atoms with van der Waals surface area (Å²) in [5.74, 6) is 0.232. The van der Waals surface area contributed by atoms with Crippen LogP contribution in [0, 0.1) is 5.92 Å². The summed E-state index contributed by atoms with van der Waals surface area (Å²) in [6.45, 7) is 0. The number of hydrogen-bond donors (Lipinski definition) is 0. The first kappa shape index (κ1) is 18.8. The van der Waals surface area contributed by atoms with Crippen molar-refractivity contribution in [2.45, 2.75) is 32.0 Å². The van der Waals surface area contributed by atoms with Crippen molar-refractivity contribution in [2.75, 3.05) is 0 Å². The summed E-state index contributed by atoms with van der Waals surface area (Å²) in [4.78, 5) is 17.0. The van der Waals surface area contributed by atoms with Crippen molar-refractivity contribution in [3.63, 3.8) is 0 Å². The fourth-order valence-corrected chi connectivity index (χ4v) is 3.49. The van der Waals surface area contributed by atoms with E-state index >= 15 is 0 Å². The summed E-state index contributed by atoms with van der Waals surface area (Å²) in [6.07, 6.45) is -1.00. The maximum absolute atomic E-state index is 12.8. The molecule has 1 saturated carbocycles. The molecule has 0 bridgehead atoms. The minimum absolute atomic E-state index is 0.278. The number of rotatable bonds is 5. The first-order chi connectivity index (χ1) is 13.3. The summed E-state index contributed by atoms with van der Waals surface area (Å²) >= 11 is 6.23. The van der Waals surface area contributed by atoms with Gasteiger partial charge >= 0.3 is 12.1 Å². The van der Waals surface area contributed by atoms with E-state index in [1.54, 1.807) is 24.3 Å². The number of aromatic nitrogens is 2. The van der Waals surface area contributed by atoms with Crippen LogP contribution in [0.15, 0.2) is 47.3 Å². The number of nitrogens with zero attached hydrogens (tertiary/aromatic N) is 2. The van der Waals surface area contributed by atoms with Crippen molar-refractivity contribution in [3.8, 4) is 11.4 Å². The van der Waals surface area contributed by atoms with Crippen molar-refractivity contribution in [1.82, 2.24) is 9.55 Å². The van der Waals surface area contributed by atoms with Crippen molar-refractivity contribution in [1.29, 1.82) is 0 Å². The van der Waals surface area contributed by atoms with E-state index in [1.807, 2.05) is 0 Å². The third-order valence-electron chi connectivity index (χ3n) is 4.76. The summed E-state index contributed by atoms with van der Waals surface area (Å²) in [7, 11) is 0. The molecule has 28 heavy (non-hydrogen) atoms. The summed E-state index contributed by atoms with van der Waals surface area (Å²) in [6, 6.07) is 10.6. The molecular weight excluding hydrogens is 393 g/mol. The van der Waals surface area contributed by atoms with E-state index in [0.717, 1.165) is 19.3 Å². The number of fused-ring (bicyclic) bond motifs is 1. The standard InChI is InChI=1S/C20H16ClF3N2O2/c21-15-3-1-2-4-17(15)26-18-11-13(28-20(22,23)24)8-9-14(18)16(25-19(26)27)10-7-12-5-6-12/h1-4,8-9,11-12H,5-7,10H2. The Balaban J connectivity index is 1.91. The van der Waals surface area contributed by atoms with Gasteiger partial charge in [-0.2, -0.15) is 4.98 Å². The second kappa shape index (κ2) is 7.13. The number of benzene rings is 2. The largest absolute Gasteiger partial charge is 0.573 e. The maximum Gasteiger partial charge on any atom is 0.573 e. The van der Waals surface area contributed by atoms with Crippen LogP contribution in [-0.2, 0) is 6.42 Å². The van der Waals surface area contributed by atoms with E-state index in [9.17, 15) is 18.0 Å². The molecule has 0 saturated heterocycles. The number of alkyl halides is 3. The third-order valence-corrected chi connectivity index (χ3v) is 5.08. The predicted molar refractivity (Wildman–Crippen MR) is 100 cm³/mol. The Morgan fingerprint density at radius 2 is 1.93 bits per heavy atom. The molecule has 146 valence electrons. The van der Waals surface area contributed by atoms with Crippen LogP contribution in [-0.4, -0.2) is 15.9 Å². The Bertz CT molecular complexity index is 1090. The molecule has 8 heteroatoms. The molecular formula is C20H16ClF3N2O2. The molecule has 1 aliphatic carbocycles. The van der Waals surface area contributed by atoms with Gasteiger partial charge in [-0.1, -0.05) is 36.6 Å². The van der Waals surface area contributed by atoms with E-state index in [-0.39, 0.29) is 5.52 Å². The van der Waals surface area contributed by atoms with Crippen molar-refractivity contribution in [3.05, 3.63) is 63.7 Å². The van der Waals surface area contributed by atoms with Gasteiger partial charge in [0.15, 0.2) is 0 Å². The number of aryl methyl sites for hydroxylation is 1. The number of para-hydroxylation sites is 1. The fraction of sp³-hybridized carbons (Fsp3) is 0.300. The maximum atomic E-state index is 12.8. The molecule has 2 aromatic carbocycles. The molecule has 1 aliphatic rings. The van der Waals surface area contributed by atoms with Crippen LogP contribution < -0.4 is 10.4 Å². The van der Waals surface area contributed by atoms with Gasteiger partial charge in [-0.25, -0.2) is 4.79 Å². The van der Waals surface area contributed by atoms with Gasteiger partial charge in [0.05, 0.1) is 21.9 Å². The molecule has 0 radical (unpaired) electrons. The molecule has 0 amide bonds. The van der Waals surface area contributed by atoms with Crippen LogP contribution in [0.4, 0.5) is 13.2 Å². The van der Waals surface area contributed by atoms with Crippen LogP contribution in [0.1, 0.15) is 25.0 Å². The number of ether oxygens (including phenoxy) is 1. The lowest BCUT2D eigenvalue weighted by Gasteiger charge is -2.16. The van der Waals surface area contributed by atoms with Crippen molar-refractivity contribution in [2.24, 2.45) is 5.92 Å².